The molecule has 0 N–H and O–H groups in total. The molecule has 2 aromatic carbocycles. The van der Waals surface area contributed by atoms with Crippen LogP contribution in [0.4, 0.5) is 0 Å². The fourth-order valence-electron chi connectivity index (χ4n) is 2.68. The van der Waals surface area contributed by atoms with Crippen molar-refractivity contribution in [3.8, 4) is 11.5 Å². The third-order valence-electron chi connectivity index (χ3n) is 4.86. The minimum absolute atomic E-state index is 0.0570. The van der Waals surface area contributed by atoms with Crippen LogP contribution in [-0.4, -0.2) is 13.2 Å². The summed E-state index contributed by atoms with van der Waals surface area (Å²) in [6, 6.07) is 17.0. The molecule has 0 fully saturated rings. The van der Waals surface area contributed by atoms with Gasteiger partial charge >= 0.3 is 0 Å². The molecule has 2 rings (SSSR count). The summed E-state index contributed by atoms with van der Waals surface area (Å²) in [7, 11) is 0. The second kappa shape index (κ2) is 11.7. The SMILES string of the molecule is CC.CCCOc1ccc(C(C)(C)c2ccc(OCC(C)CC)cc2)cc1. The van der Waals surface area contributed by atoms with Gasteiger partial charge in [-0.25, -0.2) is 0 Å². The predicted octanol–water partition coefficient (Wildman–Crippen LogP) is 7.25. The van der Waals surface area contributed by atoms with Crippen LogP contribution in [0.25, 0.3) is 0 Å². The quantitative estimate of drug-likeness (QED) is 0.462. The third-order valence-corrected chi connectivity index (χ3v) is 4.86. The molecule has 0 aliphatic rings. The van der Waals surface area contributed by atoms with Crippen molar-refractivity contribution in [3.05, 3.63) is 59.7 Å². The molecule has 2 heteroatoms. The summed E-state index contributed by atoms with van der Waals surface area (Å²) in [5.74, 6) is 2.47. The molecule has 0 spiro atoms. The van der Waals surface area contributed by atoms with Crippen molar-refractivity contribution in [2.45, 2.75) is 66.7 Å². The van der Waals surface area contributed by atoms with E-state index in [4.69, 9.17) is 9.47 Å². The molecule has 0 amide bonds. The molecule has 0 heterocycles. The van der Waals surface area contributed by atoms with Gasteiger partial charge in [-0.05, 0) is 47.7 Å². The van der Waals surface area contributed by atoms with Crippen molar-refractivity contribution >= 4 is 0 Å². The van der Waals surface area contributed by atoms with Crippen LogP contribution in [-0.2, 0) is 5.41 Å². The monoisotopic (exact) mass is 370 g/mol. The molecule has 150 valence electrons. The standard InChI is InChI=1S/C23H32O2.C2H6/c1-6-16-24-21-12-8-19(9-13-21)23(4,5)20-10-14-22(15-11-20)25-17-18(3)7-2;1-2/h8-15,18H,6-7,16-17H2,1-5H3;1-2H3. The maximum Gasteiger partial charge on any atom is 0.119 e. The molecule has 0 aliphatic heterocycles. The Bertz CT molecular complexity index is 626. The maximum absolute atomic E-state index is 5.87. The van der Waals surface area contributed by atoms with Crippen molar-refractivity contribution in [3.63, 3.8) is 0 Å². The average molecular weight is 371 g/mol. The van der Waals surface area contributed by atoms with E-state index in [0.717, 1.165) is 37.6 Å². The summed E-state index contributed by atoms with van der Waals surface area (Å²) in [6.45, 7) is 16.6. The van der Waals surface area contributed by atoms with Crippen LogP contribution >= 0.6 is 0 Å². The first-order valence-electron chi connectivity index (χ1n) is 10.4. The van der Waals surface area contributed by atoms with Crippen LogP contribution in [0, 0.1) is 5.92 Å². The lowest BCUT2D eigenvalue weighted by atomic mass is 9.78. The van der Waals surface area contributed by atoms with Crippen molar-refractivity contribution in [1.29, 1.82) is 0 Å². The molecule has 0 saturated carbocycles. The van der Waals surface area contributed by atoms with Gasteiger partial charge in [0.05, 0.1) is 13.2 Å². The zero-order valence-corrected chi connectivity index (χ0v) is 18.3. The molecule has 0 saturated heterocycles. The Morgan fingerprint density at radius 1 is 0.778 bits per heavy atom. The molecule has 2 aromatic rings. The summed E-state index contributed by atoms with van der Waals surface area (Å²) >= 11 is 0. The van der Waals surface area contributed by atoms with Crippen molar-refractivity contribution in [2.24, 2.45) is 5.92 Å². The van der Waals surface area contributed by atoms with Gasteiger partial charge < -0.3 is 9.47 Å². The highest BCUT2D eigenvalue weighted by molar-refractivity contribution is 5.41. The Kier molecular flexibility index (Phi) is 9.99. The summed E-state index contributed by atoms with van der Waals surface area (Å²) in [4.78, 5) is 0. The zero-order chi connectivity index (χ0) is 20.3. The first kappa shape index (κ1) is 23.1. The normalized spacial score (nSPS) is 12.0. The highest BCUT2D eigenvalue weighted by atomic mass is 16.5. The Morgan fingerprint density at radius 2 is 1.22 bits per heavy atom. The van der Waals surface area contributed by atoms with Gasteiger partial charge in [0, 0.05) is 5.41 Å². The van der Waals surface area contributed by atoms with Gasteiger partial charge in [-0.1, -0.05) is 79.2 Å². The largest absolute Gasteiger partial charge is 0.494 e. The van der Waals surface area contributed by atoms with E-state index in [9.17, 15) is 0 Å². The Morgan fingerprint density at radius 3 is 1.63 bits per heavy atom. The molecule has 0 aliphatic carbocycles. The minimum Gasteiger partial charge on any atom is -0.494 e. The van der Waals surface area contributed by atoms with E-state index in [2.05, 4.69) is 83.1 Å². The molecule has 1 atom stereocenters. The van der Waals surface area contributed by atoms with Crippen molar-refractivity contribution < 1.29 is 9.47 Å². The number of hydrogen-bond donors (Lipinski definition) is 0. The van der Waals surface area contributed by atoms with Gasteiger partial charge in [0.25, 0.3) is 0 Å². The number of hydrogen-bond acceptors (Lipinski definition) is 2. The van der Waals surface area contributed by atoms with E-state index in [1.165, 1.54) is 11.1 Å². The van der Waals surface area contributed by atoms with Crippen LogP contribution in [0.3, 0.4) is 0 Å². The van der Waals surface area contributed by atoms with Crippen LogP contribution in [0.2, 0.25) is 0 Å². The number of ether oxygens (including phenoxy) is 2. The average Bonchev–Trinajstić information content (AvgIpc) is 2.72. The summed E-state index contributed by atoms with van der Waals surface area (Å²) in [5, 5.41) is 0. The fourth-order valence-corrected chi connectivity index (χ4v) is 2.68. The van der Waals surface area contributed by atoms with Crippen LogP contribution in [0.1, 0.15) is 72.4 Å². The molecule has 1 unspecified atom stereocenters. The molecule has 27 heavy (non-hydrogen) atoms. The lowest BCUT2D eigenvalue weighted by molar-refractivity contribution is 0.256. The van der Waals surface area contributed by atoms with Crippen LogP contribution in [0.5, 0.6) is 11.5 Å². The van der Waals surface area contributed by atoms with Gasteiger partial charge in [-0.15, -0.1) is 0 Å². The van der Waals surface area contributed by atoms with Gasteiger partial charge in [0.2, 0.25) is 0 Å². The van der Waals surface area contributed by atoms with Crippen molar-refractivity contribution in [2.75, 3.05) is 13.2 Å². The molecule has 0 aromatic heterocycles. The fraction of sp³-hybridized carbons (Fsp3) is 0.520. The highest BCUT2D eigenvalue weighted by Crippen LogP contribution is 2.33. The Labute approximate surface area is 166 Å². The second-order valence-corrected chi connectivity index (χ2v) is 7.35. The molecule has 2 nitrogen and oxygen atoms in total. The Balaban J connectivity index is 0.00000176. The summed E-state index contributed by atoms with van der Waals surface area (Å²) < 4.78 is 11.6. The van der Waals surface area contributed by atoms with E-state index < -0.39 is 0 Å². The zero-order valence-electron chi connectivity index (χ0n) is 18.3. The number of rotatable bonds is 9. The van der Waals surface area contributed by atoms with Gasteiger partial charge in [-0.2, -0.15) is 0 Å². The first-order valence-corrected chi connectivity index (χ1v) is 10.4. The number of benzene rings is 2. The lowest BCUT2D eigenvalue weighted by Gasteiger charge is -2.26. The van der Waals surface area contributed by atoms with Crippen LogP contribution < -0.4 is 9.47 Å². The highest BCUT2D eigenvalue weighted by Gasteiger charge is 2.23. The first-order chi connectivity index (χ1) is 13.0. The maximum atomic E-state index is 5.87. The summed E-state index contributed by atoms with van der Waals surface area (Å²) in [5.41, 5.74) is 2.51. The van der Waals surface area contributed by atoms with Crippen molar-refractivity contribution in [1.82, 2.24) is 0 Å². The van der Waals surface area contributed by atoms with Gasteiger partial charge in [0.15, 0.2) is 0 Å². The van der Waals surface area contributed by atoms with E-state index in [-0.39, 0.29) is 5.41 Å². The van der Waals surface area contributed by atoms with E-state index in [0.29, 0.717) is 5.92 Å². The summed E-state index contributed by atoms with van der Waals surface area (Å²) in [6.07, 6.45) is 2.17. The molecular formula is C25H38O2. The van der Waals surface area contributed by atoms with Gasteiger partial charge in [0.1, 0.15) is 11.5 Å². The van der Waals surface area contributed by atoms with Crippen LogP contribution in [0.15, 0.2) is 48.5 Å². The molecule has 0 bridgehead atoms. The Hall–Kier alpha value is -1.96. The topological polar surface area (TPSA) is 18.5 Å². The van der Waals surface area contributed by atoms with E-state index >= 15 is 0 Å². The molecular weight excluding hydrogens is 332 g/mol. The lowest BCUT2D eigenvalue weighted by Crippen LogP contribution is -2.18. The third kappa shape index (κ3) is 6.93. The predicted molar refractivity (Wildman–Crippen MR) is 117 cm³/mol. The smallest absolute Gasteiger partial charge is 0.119 e. The van der Waals surface area contributed by atoms with Gasteiger partial charge in [-0.3, -0.25) is 0 Å². The van der Waals surface area contributed by atoms with E-state index in [1.54, 1.807) is 0 Å². The molecule has 0 radical (unpaired) electrons. The van der Waals surface area contributed by atoms with E-state index in [1.807, 2.05) is 13.8 Å². The minimum atomic E-state index is -0.0570. The second-order valence-electron chi connectivity index (χ2n) is 7.35.